The van der Waals surface area contributed by atoms with Crippen LogP contribution in [-0.2, 0) is 4.79 Å². The number of benzene rings is 1. The third-order valence-corrected chi connectivity index (χ3v) is 3.71. The van der Waals surface area contributed by atoms with E-state index in [1.807, 2.05) is 17.7 Å². The maximum absolute atomic E-state index is 11.7. The molecule has 22 heavy (non-hydrogen) atoms. The highest BCUT2D eigenvalue weighted by Crippen LogP contribution is 2.16. The number of hydrogen-bond donors (Lipinski definition) is 1. The summed E-state index contributed by atoms with van der Waals surface area (Å²) in [4.78, 5) is 17.4. The minimum Gasteiger partial charge on any atom is -0.349 e. The van der Waals surface area contributed by atoms with Crippen LogP contribution in [0.25, 0.3) is 5.69 Å². The fourth-order valence-corrected chi connectivity index (χ4v) is 2.37. The topological polar surface area (TPSA) is 50.2 Å². The van der Waals surface area contributed by atoms with E-state index >= 15 is 0 Å². The zero-order chi connectivity index (χ0) is 16.1. The Bertz CT molecular complexity index is 590. The van der Waals surface area contributed by atoms with Crippen molar-refractivity contribution in [3.8, 4) is 5.69 Å². The zero-order valence-electron chi connectivity index (χ0n) is 13.7. The quantitative estimate of drug-likeness (QED) is 0.891. The Balaban J connectivity index is 1.95. The van der Waals surface area contributed by atoms with E-state index in [-0.39, 0.29) is 18.0 Å². The number of carbonyl (C=O) groups is 1. The molecule has 5 heteroatoms. The highest BCUT2D eigenvalue weighted by atomic mass is 16.2. The smallest absolute Gasteiger partial charge is 0.223 e. The van der Waals surface area contributed by atoms with Crippen molar-refractivity contribution in [2.24, 2.45) is 0 Å². The van der Waals surface area contributed by atoms with Crippen LogP contribution in [0.15, 0.2) is 43.0 Å². The lowest BCUT2D eigenvalue weighted by Crippen LogP contribution is -2.34. The molecule has 1 heterocycles. The second-order valence-corrected chi connectivity index (χ2v) is 5.84. The molecule has 1 amide bonds. The lowest BCUT2D eigenvalue weighted by molar-refractivity contribution is -0.129. The molecule has 0 aliphatic carbocycles. The predicted octanol–water partition coefficient (Wildman–Crippen LogP) is 2.39. The van der Waals surface area contributed by atoms with Crippen LogP contribution in [0.5, 0.6) is 0 Å². The summed E-state index contributed by atoms with van der Waals surface area (Å²) in [5, 5.41) is 3.47. The SMILES string of the molecule is C[C@@H](CC(=O)N(C)C)N[C@H](C)c1ccc(-n2ccnc2)cc1. The number of nitrogens with one attached hydrogen (secondary N) is 1. The van der Waals surface area contributed by atoms with Gasteiger partial charge in [-0.15, -0.1) is 0 Å². The van der Waals surface area contributed by atoms with E-state index in [1.165, 1.54) is 5.56 Å². The molecule has 1 N–H and O–H groups in total. The van der Waals surface area contributed by atoms with Crippen molar-refractivity contribution < 1.29 is 4.79 Å². The van der Waals surface area contributed by atoms with Crippen LogP contribution in [0.4, 0.5) is 0 Å². The van der Waals surface area contributed by atoms with Gasteiger partial charge in [-0.05, 0) is 31.5 Å². The van der Waals surface area contributed by atoms with Crippen LogP contribution in [0.3, 0.4) is 0 Å². The molecule has 2 atom stereocenters. The maximum Gasteiger partial charge on any atom is 0.223 e. The molecular weight excluding hydrogens is 276 g/mol. The van der Waals surface area contributed by atoms with Gasteiger partial charge in [0, 0.05) is 50.7 Å². The highest BCUT2D eigenvalue weighted by Gasteiger charge is 2.14. The fraction of sp³-hybridized carbons (Fsp3) is 0.412. The van der Waals surface area contributed by atoms with E-state index < -0.39 is 0 Å². The van der Waals surface area contributed by atoms with Gasteiger partial charge in [-0.1, -0.05) is 12.1 Å². The van der Waals surface area contributed by atoms with Crippen molar-refractivity contribution in [2.75, 3.05) is 14.1 Å². The van der Waals surface area contributed by atoms with Crippen LogP contribution in [0.2, 0.25) is 0 Å². The monoisotopic (exact) mass is 300 g/mol. The maximum atomic E-state index is 11.7. The Labute approximate surface area is 132 Å². The first-order chi connectivity index (χ1) is 10.5. The largest absolute Gasteiger partial charge is 0.349 e. The zero-order valence-corrected chi connectivity index (χ0v) is 13.7. The summed E-state index contributed by atoms with van der Waals surface area (Å²) in [6.07, 6.45) is 5.98. The minimum atomic E-state index is 0.137. The van der Waals surface area contributed by atoms with Gasteiger partial charge in [0.15, 0.2) is 0 Å². The Morgan fingerprint density at radius 1 is 1.27 bits per heavy atom. The standard InChI is InChI=1S/C17H24N4O/c1-13(11-17(22)20(3)4)19-14(2)15-5-7-16(8-6-15)21-10-9-18-12-21/h5-10,12-14,19H,11H2,1-4H3/t13-,14+/m0/s1. The Morgan fingerprint density at radius 3 is 2.50 bits per heavy atom. The second-order valence-electron chi connectivity index (χ2n) is 5.84. The lowest BCUT2D eigenvalue weighted by Gasteiger charge is -2.21. The number of imidazole rings is 1. The minimum absolute atomic E-state index is 0.137. The molecule has 1 aromatic heterocycles. The van der Waals surface area contributed by atoms with Crippen molar-refractivity contribution in [3.05, 3.63) is 48.5 Å². The van der Waals surface area contributed by atoms with Crippen molar-refractivity contribution in [1.82, 2.24) is 19.8 Å². The summed E-state index contributed by atoms with van der Waals surface area (Å²) in [5.41, 5.74) is 2.29. The molecule has 0 aliphatic heterocycles. The summed E-state index contributed by atoms with van der Waals surface area (Å²) in [5.74, 6) is 0.141. The Morgan fingerprint density at radius 2 is 1.95 bits per heavy atom. The van der Waals surface area contributed by atoms with Gasteiger partial charge in [0.05, 0.1) is 6.33 Å². The van der Waals surface area contributed by atoms with Gasteiger partial charge >= 0.3 is 0 Å². The van der Waals surface area contributed by atoms with Crippen molar-refractivity contribution in [3.63, 3.8) is 0 Å². The van der Waals surface area contributed by atoms with Crippen molar-refractivity contribution >= 4 is 5.91 Å². The summed E-state index contributed by atoms with van der Waals surface area (Å²) < 4.78 is 1.97. The number of rotatable bonds is 6. The van der Waals surface area contributed by atoms with Gasteiger partial charge < -0.3 is 14.8 Å². The molecule has 1 aromatic carbocycles. The van der Waals surface area contributed by atoms with Gasteiger partial charge in [-0.3, -0.25) is 4.79 Å². The molecule has 0 saturated heterocycles. The molecule has 0 radical (unpaired) electrons. The predicted molar refractivity (Wildman–Crippen MR) is 87.9 cm³/mol. The van der Waals surface area contributed by atoms with Gasteiger partial charge in [0.2, 0.25) is 5.91 Å². The van der Waals surface area contributed by atoms with Gasteiger partial charge in [0.1, 0.15) is 0 Å². The van der Waals surface area contributed by atoms with Crippen LogP contribution >= 0.6 is 0 Å². The van der Waals surface area contributed by atoms with E-state index in [2.05, 4.69) is 41.5 Å². The van der Waals surface area contributed by atoms with Crippen LogP contribution in [0, 0.1) is 0 Å². The molecule has 118 valence electrons. The molecule has 0 spiro atoms. The number of aromatic nitrogens is 2. The molecule has 0 unspecified atom stereocenters. The molecule has 5 nitrogen and oxygen atoms in total. The first kappa shape index (κ1) is 16.2. The Kier molecular flexibility index (Phi) is 5.33. The van der Waals surface area contributed by atoms with Gasteiger partial charge in [-0.2, -0.15) is 0 Å². The van der Waals surface area contributed by atoms with Crippen molar-refractivity contribution in [1.29, 1.82) is 0 Å². The molecule has 0 fully saturated rings. The van der Waals surface area contributed by atoms with Crippen LogP contribution in [-0.4, -0.2) is 40.5 Å². The van der Waals surface area contributed by atoms with E-state index in [1.54, 1.807) is 31.5 Å². The van der Waals surface area contributed by atoms with Crippen molar-refractivity contribution in [2.45, 2.75) is 32.4 Å². The first-order valence-electron chi connectivity index (χ1n) is 7.52. The Hall–Kier alpha value is -2.14. The summed E-state index contributed by atoms with van der Waals surface area (Å²) in [7, 11) is 3.57. The third kappa shape index (κ3) is 4.18. The lowest BCUT2D eigenvalue weighted by atomic mass is 10.1. The molecule has 2 rings (SSSR count). The number of amides is 1. The molecule has 0 bridgehead atoms. The molecular formula is C17H24N4O. The van der Waals surface area contributed by atoms with Gasteiger partial charge in [0.25, 0.3) is 0 Å². The molecule has 0 aliphatic rings. The average Bonchev–Trinajstić information content (AvgIpc) is 3.01. The van der Waals surface area contributed by atoms with E-state index in [9.17, 15) is 4.79 Å². The highest BCUT2D eigenvalue weighted by molar-refractivity contribution is 5.76. The number of carbonyl (C=O) groups excluding carboxylic acids is 1. The fourth-order valence-electron chi connectivity index (χ4n) is 2.37. The van der Waals surface area contributed by atoms with Crippen LogP contribution < -0.4 is 5.32 Å². The van der Waals surface area contributed by atoms with E-state index in [4.69, 9.17) is 0 Å². The molecule has 2 aromatic rings. The third-order valence-electron chi connectivity index (χ3n) is 3.71. The summed E-state index contributed by atoms with van der Waals surface area (Å²) in [6, 6.07) is 8.69. The number of nitrogens with zero attached hydrogens (tertiary/aromatic N) is 3. The van der Waals surface area contributed by atoms with Crippen LogP contribution in [0.1, 0.15) is 31.9 Å². The first-order valence-corrected chi connectivity index (χ1v) is 7.52. The summed E-state index contributed by atoms with van der Waals surface area (Å²) in [6.45, 7) is 4.15. The molecule has 0 saturated carbocycles. The van der Waals surface area contributed by atoms with E-state index in [0.717, 1.165) is 5.69 Å². The summed E-state index contributed by atoms with van der Waals surface area (Å²) >= 11 is 0. The second kappa shape index (κ2) is 7.22. The number of hydrogen-bond acceptors (Lipinski definition) is 3. The van der Waals surface area contributed by atoms with Gasteiger partial charge in [-0.25, -0.2) is 4.98 Å². The van der Waals surface area contributed by atoms with E-state index in [0.29, 0.717) is 6.42 Å². The normalized spacial score (nSPS) is 13.6. The average molecular weight is 300 g/mol.